The van der Waals surface area contributed by atoms with Crippen molar-refractivity contribution in [3.8, 4) is 0 Å². The van der Waals surface area contributed by atoms with E-state index in [0.717, 1.165) is 0 Å². The molecule has 0 radical (unpaired) electrons. The summed E-state index contributed by atoms with van der Waals surface area (Å²) in [4.78, 5) is 7.97. The number of hydrogen-bond donors (Lipinski definition) is 1. The molecule has 80 valence electrons. The molecule has 0 saturated carbocycles. The zero-order valence-electron chi connectivity index (χ0n) is 6.77. The molecule has 0 saturated heterocycles. The lowest BCUT2D eigenvalue weighted by atomic mass is 10.7. The summed E-state index contributed by atoms with van der Waals surface area (Å²) in [5.74, 6) is 0. The molecule has 0 unspecified atom stereocenters. The molecule has 0 amide bonds. The minimum absolute atomic E-state index is 0.105. The number of aromatic nitrogens is 1. The molecule has 14 heavy (non-hydrogen) atoms. The van der Waals surface area contributed by atoms with Crippen LogP contribution in [0.2, 0.25) is 4.34 Å². The Bertz CT molecular complexity index is 291. The van der Waals surface area contributed by atoms with Gasteiger partial charge in [0.05, 0.1) is 12.7 Å². The van der Waals surface area contributed by atoms with Crippen molar-refractivity contribution >= 4 is 22.9 Å². The van der Waals surface area contributed by atoms with Crippen LogP contribution in [0.5, 0.6) is 0 Å². The number of nitrogens with one attached hydrogen (secondary N) is 1. The third-order valence-corrected chi connectivity index (χ3v) is 2.20. The molecule has 0 aliphatic carbocycles. The van der Waals surface area contributed by atoms with Crippen LogP contribution in [0.25, 0.3) is 0 Å². The van der Waals surface area contributed by atoms with Gasteiger partial charge in [-0.25, -0.2) is 4.98 Å². The third kappa shape index (κ3) is 4.75. The van der Waals surface area contributed by atoms with Crippen LogP contribution in [0.1, 0.15) is 5.01 Å². The highest BCUT2D eigenvalue weighted by Gasteiger charge is 2.27. The molecule has 1 aromatic heterocycles. The van der Waals surface area contributed by atoms with Crippen LogP contribution < -0.4 is 5.48 Å². The van der Waals surface area contributed by atoms with Crippen molar-refractivity contribution in [2.24, 2.45) is 0 Å². The van der Waals surface area contributed by atoms with Gasteiger partial charge in [0.25, 0.3) is 0 Å². The fraction of sp³-hybridized carbons (Fsp3) is 0.500. The topological polar surface area (TPSA) is 34.1 Å². The summed E-state index contributed by atoms with van der Waals surface area (Å²) in [6.07, 6.45) is -2.90. The summed E-state index contributed by atoms with van der Waals surface area (Å²) in [7, 11) is 0. The van der Waals surface area contributed by atoms with E-state index in [1.54, 1.807) is 0 Å². The summed E-state index contributed by atoms with van der Waals surface area (Å²) in [5, 5.41) is 0.567. The van der Waals surface area contributed by atoms with Crippen LogP contribution in [-0.2, 0) is 11.4 Å². The van der Waals surface area contributed by atoms with Crippen molar-refractivity contribution in [2.45, 2.75) is 12.7 Å². The summed E-state index contributed by atoms with van der Waals surface area (Å²) in [5.41, 5.74) is 2.14. The highest BCUT2D eigenvalue weighted by molar-refractivity contribution is 7.15. The molecule has 1 heterocycles. The lowest BCUT2D eigenvalue weighted by molar-refractivity contribution is -0.190. The molecule has 8 heteroatoms. The Labute approximate surface area is 86.8 Å². The van der Waals surface area contributed by atoms with Crippen molar-refractivity contribution in [3.63, 3.8) is 0 Å². The van der Waals surface area contributed by atoms with Gasteiger partial charge in [0.2, 0.25) is 0 Å². The maximum Gasteiger partial charge on any atom is 0.413 e. The minimum Gasteiger partial charge on any atom is -0.292 e. The van der Waals surface area contributed by atoms with Gasteiger partial charge in [-0.15, -0.1) is 11.3 Å². The normalized spacial score (nSPS) is 12.0. The van der Waals surface area contributed by atoms with Crippen LogP contribution in [0, 0.1) is 0 Å². The van der Waals surface area contributed by atoms with Crippen LogP contribution in [0.15, 0.2) is 6.20 Å². The average molecular weight is 247 g/mol. The molecular formula is C6H6ClF3N2OS. The highest BCUT2D eigenvalue weighted by Crippen LogP contribution is 2.18. The minimum atomic E-state index is -4.33. The average Bonchev–Trinajstić information content (AvgIpc) is 2.44. The van der Waals surface area contributed by atoms with Gasteiger partial charge in [-0.1, -0.05) is 11.6 Å². The molecule has 0 bridgehead atoms. The maximum atomic E-state index is 11.6. The molecule has 1 N–H and O–H groups in total. The zero-order chi connectivity index (χ0) is 10.6. The lowest BCUT2D eigenvalue weighted by Crippen LogP contribution is -2.24. The standard InChI is InChI=1S/C6H6ClF3N2OS/c7-4-1-11-5(14-4)2-12-13-3-6(8,9)10/h1,12H,2-3H2. The van der Waals surface area contributed by atoms with E-state index in [1.165, 1.54) is 17.5 Å². The molecular weight excluding hydrogens is 241 g/mol. The number of hydrogen-bond acceptors (Lipinski definition) is 4. The van der Waals surface area contributed by atoms with Crippen molar-refractivity contribution in [1.29, 1.82) is 0 Å². The van der Waals surface area contributed by atoms with Gasteiger partial charge in [-0.2, -0.15) is 18.7 Å². The molecule has 1 aromatic rings. The molecule has 3 nitrogen and oxygen atoms in total. The molecule has 0 atom stereocenters. The molecule has 1 rings (SSSR count). The number of halogens is 4. The van der Waals surface area contributed by atoms with Gasteiger partial charge in [0.1, 0.15) is 9.34 Å². The first-order valence-corrected chi connectivity index (χ1v) is 4.68. The van der Waals surface area contributed by atoms with Gasteiger partial charge in [-0.3, -0.25) is 4.84 Å². The van der Waals surface area contributed by atoms with Crippen molar-refractivity contribution in [2.75, 3.05) is 6.61 Å². The smallest absolute Gasteiger partial charge is 0.292 e. The Morgan fingerprint density at radius 1 is 1.57 bits per heavy atom. The molecule has 0 aliphatic rings. The fourth-order valence-corrected chi connectivity index (χ4v) is 1.50. The summed E-state index contributed by atoms with van der Waals surface area (Å²) in [6, 6.07) is 0. The molecule has 0 fully saturated rings. The zero-order valence-corrected chi connectivity index (χ0v) is 8.34. The Hall–Kier alpha value is -0.370. The predicted molar refractivity (Wildman–Crippen MR) is 46.0 cm³/mol. The SMILES string of the molecule is FC(F)(F)CONCc1ncc(Cl)s1. The van der Waals surface area contributed by atoms with Gasteiger partial charge in [-0.05, 0) is 0 Å². The number of rotatable bonds is 4. The predicted octanol–water partition coefficient (Wildman–Crippen LogP) is 2.38. The van der Waals surface area contributed by atoms with E-state index >= 15 is 0 Å². The maximum absolute atomic E-state index is 11.6. The van der Waals surface area contributed by atoms with Crippen molar-refractivity contribution in [1.82, 2.24) is 10.5 Å². The quantitative estimate of drug-likeness (QED) is 0.654. The molecule has 0 aliphatic heterocycles. The van der Waals surface area contributed by atoms with Gasteiger partial charge < -0.3 is 0 Å². The number of thiazole rings is 1. The lowest BCUT2D eigenvalue weighted by Gasteiger charge is -2.06. The number of alkyl halides is 3. The Morgan fingerprint density at radius 3 is 2.79 bits per heavy atom. The first-order valence-electron chi connectivity index (χ1n) is 3.49. The summed E-state index contributed by atoms with van der Waals surface area (Å²) in [6.45, 7) is -1.22. The van der Waals surface area contributed by atoms with E-state index in [2.05, 4.69) is 15.3 Å². The van der Waals surface area contributed by atoms with Gasteiger partial charge in [0, 0.05) is 0 Å². The Kier molecular flexibility index (Phi) is 4.11. The van der Waals surface area contributed by atoms with Crippen LogP contribution in [-0.4, -0.2) is 17.8 Å². The van der Waals surface area contributed by atoms with Gasteiger partial charge >= 0.3 is 6.18 Å². The summed E-state index contributed by atoms with van der Waals surface area (Å²) < 4.78 is 35.2. The monoisotopic (exact) mass is 246 g/mol. The first-order chi connectivity index (χ1) is 6.47. The second kappa shape index (κ2) is 4.92. The van der Waals surface area contributed by atoms with E-state index in [0.29, 0.717) is 9.34 Å². The van der Waals surface area contributed by atoms with E-state index in [-0.39, 0.29) is 6.54 Å². The summed E-state index contributed by atoms with van der Waals surface area (Å²) >= 11 is 6.73. The Balaban J connectivity index is 2.16. The second-order valence-electron chi connectivity index (χ2n) is 2.28. The van der Waals surface area contributed by atoms with E-state index in [1.807, 2.05) is 0 Å². The Morgan fingerprint density at radius 2 is 2.29 bits per heavy atom. The van der Waals surface area contributed by atoms with Crippen molar-refractivity contribution < 1.29 is 18.0 Å². The highest BCUT2D eigenvalue weighted by atomic mass is 35.5. The largest absolute Gasteiger partial charge is 0.413 e. The van der Waals surface area contributed by atoms with Crippen molar-refractivity contribution in [3.05, 3.63) is 15.5 Å². The molecule has 0 aromatic carbocycles. The van der Waals surface area contributed by atoms with E-state index in [9.17, 15) is 13.2 Å². The third-order valence-electron chi connectivity index (χ3n) is 1.09. The second-order valence-corrected chi connectivity index (χ2v) is 4.03. The number of hydroxylamine groups is 1. The fourth-order valence-electron chi connectivity index (χ4n) is 0.615. The van der Waals surface area contributed by atoms with Crippen LogP contribution in [0.4, 0.5) is 13.2 Å². The van der Waals surface area contributed by atoms with E-state index < -0.39 is 12.8 Å². The van der Waals surface area contributed by atoms with Gasteiger partial charge in [0.15, 0.2) is 6.61 Å². The first kappa shape index (κ1) is 11.7. The van der Waals surface area contributed by atoms with Crippen LogP contribution in [0.3, 0.4) is 0 Å². The molecule has 0 spiro atoms. The van der Waals surface area contributed by atoms with Crippen LogP contribution >= 0.6 is 22.9 Å². The number of nitrogens with zero attached hydrogens (tertiary/aromatic N) is 1. The van der Waals surface area contributed by atoms with E-state index in [4.69, 9.17) is 11.6 Å².